The summed E-state index contributed by atoms with van der Waals surface area (Å²) in [4.78, 5) is 17.1. The van der Waals surface area contributed by atoms with Crippen molar-refractivity contribution in [1.82, 2.24) is 20.1 Å². The topological polar surface area (TPSA) is 122 Å². The van der Waals surface area contributed by atoms with E-state index in [4.69, 9.17) is 11.6 Å². The van der Waals surface area contributed by atoms with Gasteiger partial charge in [-0.15, -0.1) is 0 Å². The van der Waals surface area contributed by atoms with Gasteiger partial charge in [0.15, 0.2) is 5.69 Å². The summed E-state index contributed by atoms with van der Waals surface area (Å²) in [5.41, 5.74) is -3.37. The highest BCUT2D eigenvalue weighted by atomic mass is 35.5. The fourth-order valence-corrected chi connectivity index (χ4v) is 5.07. The third-order valence-corrected chi connectivity index (χ3v) is 7.08. The van der Waals surface area contributed by atoms with Crippen molar-refractivity contribution in [3.8, 4) is 17.0 Å². The van der Waals surface area contributed by atoms with Crippen LogP contribution in [0.5, 0.6) is 5.75 Å². The Morgan fingerprint density at radius 3 is 2.60 bits per heavy atom. The second-order valence-corrected chi connectivity index (χ2v) is 11.1. The quantitative estimate of drug-likeness (QED) is 0.284. The predicted octanol–water partition coefficient (Wildman–Crippen LogP) is 5.00. The highest BCUT2D eigenvalue weighted by molar-refractivity contribution is 6.36. The van der Waals surface area contributed by atoms with E-state index < -0.39 is 48.1 Å². The number of nitrogens with one attached hydrogen (secondary N) is 2. The van der Waals surface area contributed by atoms with E-state index >= 15 is 0 Å². The fraction of sp³-hybridized carbons (Fsp3) is 0.640. The molecule has 0 bridgehead atoms. The maximum atomic E-state index is 13.3. The summed E-state index contributed by atoms with van der Waals surface area (Å²) in [6.45, 7) is 2.76. The SMILES string of the molecule is CCn1nc(C(=O)NC[C@@]2(O)CC[C@H](C)C[C@@H]2O)c(Cl)c1-c1cnc(NC(C)(C)CC(F)(F)F)cc1OC(F)F. The molecule has 0 radical (unpaired) electrons. The Hall–Kier alpha value is -2.71. The third kappa shape index (κ3) is 7.72. The number of anilines is 1. The molecule has 1 amide bonds. The van der Waals surface area contributed by atoms with E-state index in [9.17, 15) is 37.0 Å². The summed E-state index contributed by atoms with van der Waals surface area (Å²) in [5, 5.41) is 30.2. The molecule has 2 heterocycles. The number of ether oxygens (including phenoxy) is 1. The van der Waals surface area contributed by atoms with Crippen LogP contribution in [0.1, 0.15) is 63.9 Å². The lowest BCUT2D eigenvalue weighted by Gasteiger charge is -2.39. The molecule has 15 heteroatoms. The first kappa shape index (κ1) is 31.8. The molecule has 1 fully saturated rings. The maximum absolute atomic E-state index is 13.3. The second kappa shape index (κ2) is 12.0. The van der Waals surface area contributed by atoms with Crippen LogP contribution < -0.4 is 15.4 Å². The zero-order valence-electron chi connectivity index (χ0n) is 22.4. The molecule has 0 aliphatic heterocycles. The molecule has 3 atom stereocenters. The largest absolute Gasteiger partial charge is 0.434 e. The van der Waals surface area contributed by atoms with Crippen molar-refractivity contribution in [3.05, 3.63) is 23.0 Å². The van der Waals surface area contributed by atoms with Crippen LogP contribution >= 0.6 is 11.6 Å². The van der Waals surface area contributed by atoms with Gasteiger partial charge in [0.25, 0.3) is 5.91 Å². The average molecular weight is 598 g/mol. The Morgan fingerprint density at radius 1 is 1.35 bits per heavy atom. The molecule has 1 saturated carbocycles. The first-order valence-electron chi connectivity index (χ1n) is 12.7. The number of halogens is 6. The van der Waals surface area contributed by atoms with Crippen molar-refractivity contribution in [2.45, 2.75) is 90.0 Å². The number of carbonyl (C=O) groups excluding carboxylic acids is 1. The number of hydrogen-bond acceptors (Lipinski definition) is 7. The summed E-state index contributed by atoms with van der Waals surface area (Å²) < 4.78 is 71.3. The summed E-state index contributed by atoms with van der Waals surface area (Å²) in [7, 11) is 0. The standard InChI is InChI=1S/C25H33ClF5N5O4/c1-5-36-20(18(26)19(35-36)21(38)33-12-24(39)7-6-13(2)8-16(24)37)14-10-32-17(9-15(14)40-22(27)28)34-23(3,4)11-25(29,30)31/h9-10,13,16,22,37,39H,5-8,11-12H2,1-4H3,(H,32,34)(H,33,38)/t13-,16-,24-/m0/s1. The number of pyridine rings is 1. The predicted molar refractivity (Wildman–Crippen MR) is 137 cm³/mol. The maximum Gasteiger partial charge on any atom is 0.391 e. The van der Waals surface area contributed by atoms with Crippen molar-refractivity contribution in [2.24, 2.45) is 5.92 Å². The van der Waals surface area contributed by atoms with E-state index in [0.29, 0.717) is 12.8 Å². The van der Waals surface area contributed by atoms with Gasteiger partial charge in [-0.05, 0) is 46.0 Å². The van der Waals surface area contributed by atoms with E-state index in [0.717, 1.165) is 12.3 Å². The van der Waals surface area contributed by atoms with Gasteiger partial charge in [0, 0.05) is 30.9 Å². The second-order valence-electron chi connectivity index (χ2n) is 10.8. The number of aliphatic hydroxyl groups is 2. The molecule has 4 N–H and O–H groups in total. The van der Waals surface area contributed by atoms with E-state index in [1.54, 1.807) is 6.92 Å². The van der Waals surface area contributed by atoms with Crippen LogP contribution in [0, 0.1) is 5.92 Å². The zero-order valence-corrected chi connectivity index (χ0v) is 23.2. The molecule has 40 heavy (non-hydrogen) atoms. The number of aromatic nitrogens is 3. The Balaban J connectivity index is 1.92. The zero-order chi connectivity index (χ0) is 30.0. The van der Waals surface area contributed by atoms with Crippen LogP contribution in [0.15, 0.2) is 12.3 Å². The number of alkyl halides is 5. The van der Waals surface area contributed by atoms with Gasteiger partial charge >= 0.3 is 12.8 Å². The highest BCUT2D eigenvalue weighted by Crippen LogP contribution is 2.39. The molecule has 2 aromatic heterocycles. The Labute approximate surface area is 233 Å². The summed E-state index contributed by atoms with van der Waals surface area (Å²) in [6, 6.07) is 1.02. The number of aryl methyl sites for hydroxylation is 1. The molecule has 0 saturated heterocycles. The van der Waals surface area contributed by atoms with Crippen molar-refractivity contribution < 1.29 is 41.7 Å². The average Bonchev–Trinajstić information content (AvgIpc) is 3.14. The van der Waals surface area contributed by atoms with Crippen LogP contribution in [-0.4, -0.2) is 67.5 Å². The van der Waals surface area contributed by atoms with Crippen LogP contribution in [0.25, 0.3) is 11.3 Å². The van der Waals surface area contributed by atoms with E-state index in [1.165, 1.54) is 18.5 Å². The Kier molecular flexibility index (Phi) is 9.57. The Morgan fingerprint density at radius 2 is 2.02 bits per heavy atom. The fourth-order valence-electron chi connectivity index (χ4n) is 4.74. The van der Waals surface area contributed by atoms with Gasteiger partial charge in [0.05, 0.1) is 28.8 Å². The van der Waals surface area contributed by atoms with E-state index in [2.05, 4.69) is 25.5 Å². The molecule has 1 aliphatic carbocycles. The van der Waals surface area contributed by atoms with Crippen molar-refractivity contribution >= 4 is 23.3 Å². The minimum Gasteiger partial charge on any atom is -0.434 e. The number of carbonyl (C=O) groups is 1. The normalized spacial score (nSPS) is 21.9. The van der Waals surface area contributed by atoms with Crippen LogP contribution in [-0.2, 0) is 6.54 Å². The number of hydrogen-bond donors (Lipinski definition) is 4. The lowest BCUT2D eigenvalue weighted by Crippen LogP contribution is -2.54. The molecule has 2 aromatic rings. The molecule has 3 rings (SSSR count). The van der Waals surface area contributed by atoms with Crippen molar-refractivity contribution in [1.29, 1.82) is 0 Å². The van der Waals surface area contributed by atoms with Gasteiger partial charge in [-0.3, -0.25) is 9.48 Å². The lowest BCUT2D eigenvalue weighted by atomic mass is 9.77. The number of aliphatic hydroxyl groups excluding tert-OH is 1. The highest BCUT2D eigenvalue weighted by Gasteiger charge is 2.41. The summed E-state index contributed by atoms with van der Waals surface area (Å²) in [5.74, 6) is -1.15. The van der Waals surface area contributed by atoms with Gasteiger partial charge in [0.1, 0.15) is 17.2 Å². The molecule has 224 valence electrons. The van der Waals surface area contributed by atoms with Crippen molar-refractivity contribution in [2.75, 3.05) is 11.9 Å². The van der Waals surface area contributed by atoms with Gasteiger partial charge < -0.3 is 25.6 Å². The number of nitrogens with zero attached hydrogens (tertiary/aromatic N) is 3. The molecular formula is C25H33ClF5N5O4. The minimum atomic E-state index is -4.49. The first-order valence-corrected chi connectivity index (χ1v) is 13.1. The molecule has 0 aromatic carbocycles. The molecule has 9 nitrogen and oxygen atoms in total. The van der Waals surface area contributed by atoms with Crippen LogP contribution in [0.3, 0.4) is 0 Å². The molecule has 1 aliphatic rings. The van der Waals surface area contributed by atoms with Crippen LogP contribution in [0.4, 0.5) is 27.8 Å². The van der Waals surface area contributed by atoms with Gasteiger partial charge in [-0.2, -0.15) is 27.1 Å². The van der Waals surface area contributed by atoms with E-state index in [1.807, 2.05) is 6.92 Å². The number of amides is 1. The molecular weight excluding hydrogens is 565 g/mol. The van der Waals surface area contributed by atoms with E-state index in [-0.39, 0.29) is 53.2 Å². The summed E-state index contributed by atoms with van der Waals surface area (Å²) in [6.07, 6.45) is -4.34. The van der Waals surface area contributed by atoms with Gasteiger partial charge in [0.2, 0.25) is 0 Å². The monoisotopic (exact) mass is 597 g/mol. The lowest BCUT2D eigenvalue weighted by molar-refractivity contribution is -0.142. The molecule has 0 spiro atoms. The summed E-state index contributed by atoms with van der Waals surface area (Å²) >= 11 is 6.50. The Bertz CT molecular complexity index is 1210. The van der Waals surface area contributed by atoms with Crippen LogP contribution in [0.2, 0.25) is 5.02 Å². The minimum absolute atomic E-state index is 0.0174. The molecule has 0 unspecified atom stereocenters. The number of rotatable bonds is 10. The van der Waals surface area contributed by atoms with Gasteiger partial charge in [-0.1, -0.05) is 18.5 Å². The first-order chi connectivity index (χ1) is 18.4. The van der Waals surface area contributed by atoms with Gasteiger partial charge in [-0.25, -0.2) is 4.98 Å². The third-order valence-electron chi connectivity index (χ3n) is 6.73. The smallest absolute Gasteiger partial charge is 0.391 e. The van der Waals surface area contributed by atoms with Crippen molar-refractivity contribution in [3.63, 3.8) is 0 Å².